The molecule has 0 saturated carbocycles. The fourth-order valence-electron chi connectivity index (χ4n) is 1.08. The quantitative estimate of drug-likeness (QED) is 0.609. The summed E-state index contributed by atoms with van der Waals surface area (Å²) in [6, 6.07) is 6.82. The van der Waals surface area contributed by atoms with E-state index >= 15 is 0 Å². The lowest BCUT2D eigenvalue weighted by atomic mass is 10.1. The highest BCUT2D eigenvalue weighted by Gasteiger charge is 2.11. The van der Waals surface area contributed by atoms with Crippen molar-refractivity contribution < 1.29 is 9.21 Å². The maximum atomic E-state index is 11.7. The van der Waals surface area contributed by atoms with E-state index in [1.165, 1.54) is 12.5 Å². The van der Waals surface area contributed by atoms with Gasteiger partial charge >= 0.3 is 0 Å². The maximum absolute atomic E-state index is 11.7. The third-order valence-electron chi connectivity index (χ3n) is 1.73. The van der Waals surface area contributed by atoms with Gasteiger partial charge in [0.2, 0.25) is 5.78 Å². The van der Waals surface area contributed by atoms with Gasteiger partial charge in [0.1, 0.15) is 16.6 Å². The molecule has 0 aliphatic carbocycles. The Morgan fingerprint density at radius 1 is 1.36 bits per heavy atom. The van der Waals surface area contributed by atoms with Crippen LogP contribution in [0.5, 0.6) is 0 Å². The highest BCUT2D eigenvalue weighted by Crippen LogP contribution is 2.11. The molecule has 0 unspecified atom stereocenters. The number of nitrogens with zero attached hydrogens (tertiary/aromatic N) is 1. The SMILES string of the molecule is O=C(c1ccoc1)c1cccc(Br)n1. The highest BCUT2D eigenvalue weighted by molar-refractivity contribution is 9.10. The molecule has 14 heavy (non-hydrogen) atoms. The number of ketones is 1. The maximum Gasteiger partial charge on any atom is 0.214 e. The molecule has 0 saturated heterocycles. The molecule has 0 spiro atoms. The Morgan fingerprint density at radius 2 is 2.21 bits per heavy atom. The molecule has 0 aromatic carbocycles. The fraction of sp³-hybridized carbons (Fsp3) is 0. The molecular weight excluding hydrogens is 246 g/mol. The van der Waals surface area contributed by atoms with Crippen LogP contribution in [0, 0.1) is 0 Å². The normalized spacial score (nSPS) is 10.1. The molecule has 0 N–H and O–H groups in total. The number of carbonyl (C=O) groups excluding carboxylic acids is 1. The van der Waals surface area contributed by atoms with Gasteiger partial charge in [-0.3, -0.25) is 4.79 Å². The lowest BCUT2D eigenvalue weighted by Crippen LogP contribution is -2.02. The van der Waals surface area contributed by atoms with Crippen LogP contribution in [0.2, 0.25) is 0 Å². The van der Waals surface area contributed by atoms with E-state index in [-0.39, 0.29) is 5.78 Å². The molecule has 70 valence electrons. The van der Waals surface area contributed by atoms with Gasteiger partial charge in [-0.2, -0.15) is 0 Å². The van der Waals surface area contributed by atoms with Gasteiger partial charge in [0, 0.05) is 0 Å². The number of aromatic nitrogens is 1. The number of hydrogen-bond acceptors (Lipinski definition) is 3. The Balaban J connectivity index is 2.37. The average molecular weight is 252 g/mol. The molecule has 2 aromatic rings. The van der Waals surface area contributed by atoms with E-state index < -0.39 is 0 Å². The smallest absolute Gasteiger partial charge is 0.214 e. The van der Waals surface area contributed by atoms with E-state index in [0.717, 1.165) is 0 Å². The molecule has 0 radical (unpaired) electrons. The molecule has 2 heterocycles. The van der Waals surface area contributed by atoms with Gasteiger partial charge in [-0.15, -0.1) is 0 Å². The summed E-state index contributed by atoms with van der Waals surface area (Å²) < 4.78 is 5.47. The Kier molecular flexibility index (Phi) is 2.45. The third kappa shape index (κ3) is 1.75. The van der Waals surface area contributed by atoms with Crippen LogP contribution in [0.4, 0.5) is 0 Å². The van der Waals surface area contributed by atoms with Crippen molar-refractivity contribution in [1.82, 2.24) is 4.98 Å². The standard InChI is InChI=1S/C10H6BrNO2/c11-9-3-1-2-8(12-9)10(13)7-4-5-14-6-7/h1-6H. The summed E-state index contributed by atoms with van der Waals surface area (Å²) in [6.07, 6.45) is 2.87. The predicted molar refractivity (Wildman–Crippen MR) is 54.1 cm³/mol. The van der Waals surface area contributed by atoms with Crippen LogP contribution in [0.3, 0.4) is 0 Å². The average Bonchev–Trinajstić information content (AvgIpc) is 2.69. The largest absolute Gasteiger partial charge is 0.472 e. The molecule has 2 rings (SSSR count). The zero-order valence-electron chi connectivity index (χ0n) is 7.11. The van der Waals surface area contributed by atoms with Crippen molar-refractivity contribution in [2.24, 2.45) is 0 Å². The second-order valence-corrected chi connectivity index (χ2v) is 3.50. The van der Waals surface area contributed by atoms with Crippen LogP contribution in [0.1, 0.15) is 16.1 Å². The van der Waals surface area contributed by atoms with E-state index in [1.807, 2.05) is 0 Å². The van der Waals surface area contributed by atoms with Gasteiger partial charge in [-0.05, 0) is 34.1 Å². The van der Waals surface area contributed by atoms with Crippen molar-refractivity contribution >= 4 is 21.7 Å². The second-order valence-electron chi connectivity index (χ2n) is 2.69. The third-order valence-corrected chi connectivity index (χ3v) is 2.17. The van der Waals surface area contributed by atoms with Gasteiger partial charge in [0.05, 0.1) is 11.8 Å². The molecule has 2 aromatic heterocycles. The number of furan rings is 1. The Bertz CT molecular complexity index is 451. The summed E-state index contributed by atoms with van der Waals surface area (Å²) >= 11 is 3.21. The van der Waals surface area contributed by atoms with Crippen molar-refractivity contribution in [3.8, 4) is 0 Å². The fourth-order valence-corrected chi connectivity index (χ4v) is 1.42. The highest BCUT2D eigenvalue weighted by atomic mass is 79.9. The van der Waals surface area contributed by atoms with Gasteiger partial charge in [0.25, 0.3) is 0 Å². The summed E-state index contributed by atoms with van der Waals surface area (Å²) in [5.41, 5.74) is 0.913. The monoisotopic (exact) mass is 251 g/mol. The predicted octanol–water partition coefficient (Wildman–Crippen LogP) is 2.67. The first-order valence-corrected chi connectivity index (χ1v) is 4.76. The summed E-state index contributed by atoms with van der Waals surface area (Å²) in [7, 11) is 0. The van der Waals surface area contributed by atoms with Gasteiger partial charge < -0.3 is 4.42 Å². The Morgan fingerprint density at radius 3 is 2.86 bits per heavy atom. The minimum atomic E-state index is -0.139. The number of rotatable bonds is 2. The molecule has 0 aliphatic rings. The summed E-state index contributed by atoms with van der Waals surface area (Å²) in [5, 5.41) is 0. The minimum absolute atomic E-state index is 0.139. The summed E-state index contributed by atoms with van der Waals surface area (Å²) in [5.74, 6) is -0.139. The molecule has 0 fully saturated rings. The van der Waals surface area contributed by atoms with Gasteiger partial charge in [-0.1, -0.05) is 6.07 Å². The minimum Gasteiger partial charge on any atom is -0.472 e. The van der Waals surface area contributed by atoms with Crippen molar-refractivity contribution in [1.29, 1.82) is 0 Å². The van der Waals surface area contributed by atoms with Crippen molar-refractivity contribution in [2.45, 2.75) is 0 Å². The Labute approximate surface area is 88.9 Å². The molecule has 0 atom stereocenters. The lowest BCUT2D eigenvalue weighted by molar-refractivity contribution is 0.103. The first-order chi connectivity index (χ1) is 6.77. The number of pyridine rings is 1. The van der Waals surface area contributed by atoms with E-state index in [0.29, 0.717) is 15.9 Å². The van der Waals surface area contributed by atoms with Crippen LogP contribution >= 0.6 is 15.9 Å². The van der Waals surface area contributed by atoms with Crippen LogP contribution in [0.25, 0.3) is 0 Å². The number of hydrogen-bond donors (Lipinski definition) is 0. The van der Waals surface area contributed by atoms with Gasteiger partial charge in [-0.25, -0.2) is 4.98 Å². The zero-order chi connectivity index (χ0) is 9.97. The van der Waals surface area contributed by atoms with E-state index in [1.54, 1.807) is 24.3 Å². The topological polar surface area (TPSA) is 43.1 Å². The molecule has 0 aliphatic heterocycles. The van der Waals surface area contributed by atoms with Crippen molar-refractivity contribution in [2.75, 3.05) is 0 Å². The molecule has 4 heteroatoms. The lowest BCUT2D eigenvalue weighted by Gasteiger charge is -1.96. The summed E-state index contributed by atoms with van der Waals surface area (Å²) in [6.45, 7) is 0. The van der Waals surface area contributed by atoms with E-state index in [4.69, 9.17) is 4.42 Å². The van der Waals surface area contributed by atoms with E-state index in [9.17, 15) is 4.79 Å². The van der Waals surface area contributed by atoms with Crippen LogP contribution in [-0.2, 0) is 0 Å². The van der Waals surface area contributed by atoms with Crippen LogP contribution in [-0.4, -0.2) is 10.8 Å². The summed E-state index contributed by atoms with van der Waals surface area (Å²) in [4.78, 5) is 15.8. The molecule has 3 nitrogen and oxygen atoms in total. The molecular formula is C10H6BrNO2. The van der Waals surface area contributed by atoms with Gasteiger partial charge in [0.15, 0.2) is 0 Å². The number of halogens is 1. The Hall–Kier alpha value is -1.42. The van der Waals surface area contributed by atoms with Crippen LogP contribution in [0.15, 0.2) is 45.8 Å². The second kappa shape index (κ2) is 3.75. The zero-order valence-corrected chi connectivity index (χ0v) is 8.69. The molecule has 0 bridgehead atoms. The van der Waals surface area contributed by atoms with Crippen molar-refractivity contribution in [3.63, 3.8) is 0 Å². The first kappa shape index (κ1) is 9.15. The first-order valence-electron chi connectivity index (χ1n) is 3.97. The van der Waals surface area contributed by atoms with E-state index in [2.05, 4.69) is 20.9 Å². The van der Waals surface area contributed by atoms with Crippen LogP contribution < -0.4 is 0 Å². The molecule has 0 amide bonds. The van der Waals surface area contributed by atoms with Crippen molar-refractivity contribution in [3.05, 3.63) is 52.7 Å². The number of carbonyl (C=O) groups is 1.